The molecule has 0 bridgehead atoms. The van der Waals surface area contributed by atoms with Crippen LogP contribution in [-0.2, 0) is 11.2 Å². The molecule has 3 nitrogen and oxygen atoms in total. The first kappa shape index (κ1) is 21.9. The Morgan fingerprint density at radius 1 is 0.964 bits per heavy atom. The maximum atomic E-state index is 13.2. The van der Waals surface area contributed by atoms with E-state index in [0.717, 1.165) is 23.2 Å². The zero-order valence-electron chi connectivity index (χ0n) is 18.3. The summed E-state index contributed by atoms with van der Waals surface area (Å²) in [4.78, 5) is 28.1. The van der Waals surface area contributed by atoms with Crippen molar-refractivity contribution in [1.82, 2.24) is 0 Å². The van der Waals surface area contributed by atoms with Crippen LogP contribution >= 0.6 is 0 Å². The van der Waals surface area contributed by atoms with Gasteiger partial charge in [0.2, 0.25) is 11.6 Å². The van der Waals surface area contributed by atoms with Crippen LogP contribution in [0.3, 0.4) is 0 Å². The van der Waals surface area contributed by atoms with Crippen molar-refractivity contribution in [1.29, 1.82) is 0 Å². The van der Waals surface area contributed by atoms with Gasteiger partial charge in [0.1, 0.15) is 0 Å². The predicted molar refractivity (Wildman–Crippen MR) is 119 cm³/mol. The summed E-state index contributed by atoms with van der Waals surface area (Å²) in [5.74, 6) is -0.696. The van der Waals surface area contributed by atoms with Crippen LogP contribution in [0.2, 0.25) is 0 Å². The van der Waals surface area contributed by atoms with E-state index < -0.39 is 0 Å². The van der Waals surface area contributed by atoms with Gasteiger partial charge in [0.25, 0.3) is 0 Å². The van der Waals surface area contributed by atoms with Gasteiger partial charge in [-0.05, 0) is 57.2 Å². The summed E-state index contributed by atoms with van der Waals surface area (Å²) in [6.45, 7) is 15.7. The number of nitrogens with zero attached hydrogens (tertiary/aromatic N) is 1. The number of carbonyl (C=O) groups excluding carboxylic acids is 2. The van der Waals surface area contributed by atoms with E-state index in [1.165, 1.54) is 11.1 Å². The summed E-state index contributed by atoms with van der Waals surface area (Å²) < 4.78 is 0. The van der Waals surface area contributed by atoms with Crippen LogP contribution in [0.15, 0.2) is 41.0 Å². The third-order valence-corrected chi connectivity index (χ3v) is 5.06. The van der Waals surface area contributed by atoms with Crippen molar-refractivity contribution in [2.24, 2.45) is 5.92 Å². The van der Waals surface area contributed by atoms with E-state index in [1.807, 2.05) is 26.0 Å². The van der Waals surface area contributed by atoms with Crippen molar-refractivity contribution in [2.75, 3.05) is 18.0 Å². The Hall–Kier alpha value is -2.42. The second kappa shape index (κ2) is 9.18. The minimum absolute atomic E-state index is 0.0337. The zero-order valence-corrected chi connectivity index (χ0v) is 18.3. The van der Waals surface area contributed by atoms with Crippen molar-refractivity contribution in [3.05, 3.63) is 57.7 Å². The second-order valence-corrected chi connectivity index (χ2v) is 8.27. The predicted octanol–water partition coefficient (Wildman–Crippen LogP) is 5.79. The van der Waals surface area contributed by atoms with E-state index in [0.29, 0.717) is 24.2 Å². The number of allylic oxidation sites excluding steroid dienone is 3. The van der Waals surface area contributed by atoms with Crippen molar-refractivity contribution in [2.45, 2.75) is 54.9 Å². The molecule has 2 rings (SSSR count). The fourth-order valence-electron chi connectivity index (χ4n) is 3.40. The van der Waals surface area contributed by atoms with E-state index in [2.05, 4.69) is 57.7 Å². The number of hydrogen-bond donors (Lipinski definition) is 0. The topological polar surface area (TPSA) is 37.4 Å². The third kappa shape index (κ3) is 4.70. The first-order valence-corrected chi connectivity index (χ1v) is 10.2. The largest absolute Gasteiger partial charge is 0.363 e. The molecule has 0 fully saturated rings. The van der Waals surface area contributed by atoms with Crippen LogP contribution in [-0.4, -0.2) is 24.7 Å². The van der Waals surface area contributed by atoms with Crippen molar-refractivity contribution < 1.29 is 9.59 Å². The smallest absolute Gasteiger partial charge is 0.235 e. The SMILES string of the molecule is CCc1ccc2c(c1N(CC=C(C)C)CC=C(C)C)C(=O)C(=O)C(C(C)C)=C2. The molecule has 1 aliphatic carbocycles. The Morgan fingerprint density at radius 3 is 2.00 bits per heavy atom. The molecule has 0 saturated carbocycles. The highest BCUT2D eigenvalue weighted by Crippen LogP contribution is 2.36. The first-order valence-electron chi connectivity index (χ1n) is 10.2. The summed E-state index contributed by atoms with van der Waals surface area (Å²) in [6.07, 6.45) is 7.06. The van der Waals surface area contributed by atoms with Crippen molar-refractivity contribution in [3.8, 4) is 0 Å². The highest BCUT2D eigenvalue weighted by molar-refractivity contribution is 6.52. The molecule has 0 radical (unpaired) electrons. The lowest BCUT2D eigenvalue weighted by Crippen LogP contribution is -2.31. The lowest BCUT2D eigenvalue weighted by Gasteiger charge is -2.30. The maximum absolute atomic E-state index is 13.2. The molecular weight excluding hydrogens is 346 g/mol. The number of anilines is 1. The molecule has 1 aromatic carbocycles. The van der Waals surface area contributed by atoms with Gasteiger partial charge in [0.15, 0.2) is 0 Å². The minimum atomic E-state index is -0.370. The maximum Gasteiger partial charge on any atom is 0.235 e. The average molecular weight is 380 g/mol. The van der Waals surface area contributed by atoms with Gasteiger partial charge in [0, 0.05) is 18.7 Å². The quantitative estimate of drug-likeness (QED) is 0.444. The molecule has 0 heterocycles. The summed E-state index contributed by atoms with van der Waals surface area (Å²) in [6, 6.07) is 4.09. The van der Waals surface area contributed by atoms with Gasteiger partial charge < -0.3 is 4.90 Å². The molecule has 0 aliphatic heterocycles. The van der Waals surface area contributed by atoms with Crippen molar-refractivity contribution in [3.63, 3.8) is 0 Å². The first-order chi connectivity index (χ1) is 13.2. The summed E-state index contributed by atoms with van der Waals surface area (Å²) in [5.41, 5.74) is 6.51. The lowest BCUT2D eigenvalue weighted by molar-refractivity contribution is -0.112. The van der Waals surface area contributed by atoms with E-state index in [9.17, 15) is 9.59 Å². The average Bonchev–Trinajstić information content (AvgIpc) is 2.63. The number of fused-ring (bicyclic) bond motifs is 1. The number of benzene rings is 1. The molecular formula is C25H33NO2. The molecule has 0 N–H and O–H groups in total. The summed E-state index contributed by atoms with van der Waals surface area (Å²) in [5, 5.41) is 0. The second-order valence-electron chi connectivity index (χ2n) is 8.27. The minimum Gasteiger partial charge on any atom is -0.363 e. The number of Topliss-reactive ketones (excluding diaryl/α,β-unsaturated/α-hetero) is 2. The zero-order chi connectivity index (χ0) is 21.0. The van der Waals surface area contributed by atoms with Gasteiger partial charge in [-0.25, -0.2) is 0 Å². The van der Waals surface area contributed by atoms with Crippen LogP contribution in [0, 0.1) is 5.92 Å². The Labute approximate surface area is 169 Å². The normalized spacial score (nSPS) is 13.2. The Bertz CT molecular complexity index is 841. The molecule has 0 atom stereocenters. The lowest BCUT2D eigenvalue weighted by atomic mass is 9.82. The van der Waals surface area contributed by atoms with E-state index in [4.69, 9.17) is 0 Å². The van der Waals surface area contributed by atoms with Gasteiger partial charge in [-0.3, -0.25) is 9.59 Å². The molecule has 0 aromatic heterocycles. The van der Waals surface area contributed by atoms with Gasteiger partial charge in [-0.15, -0.1) is 0 Å². The van der Waals surface area contributed by atoms with E-state index in [-0.39, 0.29) is 17.5 Å². The van der Waals surface area contributed by atoms with Crippen LogP contribution in [0.25, 0.3) is 6.08 Å². The highest BCUT2D eigenvalue weighted by Gasteiger charge is 2.33. The number of hydrogen-bond acceptors (Lipinski definition) is 3. The van der Waals surface area contributed by atoms with E-state index >= 15 is 0 Å². The third-order valence-electron chi connectivity index (χ3n) is 5.06. The summed E-state index contributed by atoms with van der Waals surface area (Å²) in [7, 11) is 0. The molecule has 1 aromatic rings. The molecule has 150 valence electrons. The fourth-order valence-corrected chi connectivity index (χ4v) is 3.40. The molecule has 0 saturated heterocycles. The van der Waals surface area contributed by atoms with Crippen LogP contribution < -0.4 is 4.90 Å². The van der Waals surface area contributed by atoms with Gasteiger partial charge in [0.05, 0.1) is 11.3 Å². The summed E-state index contributed by atoms with van der Waals surface area (Å²) >= 11 is 0. The standard InChI is InChI=1S/C25H33NO2/c1-8-19-9-10-20-15-21(18(6)7)24(27)25(28)22(20)23(19)26(13-11-16(2)3)14-12-17(4)5/h9-12,15,18H,8,13-14H2,1-7H3. The number of carbonyl (C=O) groups is 2. The molecule has 28 heavy (non-hydrogen) atoms. The van der Waals surface area contributed by atoms with E-state index in [1.54, 1.807) is 0 Å². The van der Waals surface area contributed by atoms with Gasteiger partial charge >= 0.3 is 0 Å². The van der Waals surface area contributed by atoms with Crippen LogP contribution in [0.1, 0.15) is 70.0 Å². The van der Waals surface area contributed by atoms with Gasteiger partial charge in [-0.1, -0.05) is 56.2 Å². The molecule has 0 spiro atoms. The molecule has 1 aliphatic rings. The Balaban J connectivity index is 2.72. The number of rotatable bonds is 7. The molecule has 3 heteroatoms. The Morgan fingerprint density at radius 2 is 1.54 bits per heavy atom. The number of ketones is 2. The van der Waals surface area contributed by atoms with Crippen molar-refractivity contribution >= 4 is 23.3 Å². The monoisotopic (exact) mass is 379 g/mol. The highest BCUT2D eigenvalue weighted by atomic mass is 16.2. The molecule has 0 amide bonds. The number of aryl methyl sites for hydroxylation is 1. The fraction of sp³-hybridized carbons (Fsp3) is 0.440. The van der Waals surface area contributed by atoms with Gasteiger partial charge in [-0.2, -0.15) is 0 Å². The van der Waals surface area contributed by atoms with Crippen LogP contribution in [0.5, 0.6) is 0 Å². The molecule has 0 unspecified atom stereocenters. The van der Waals surface area contributed by atoms with Crippen LogP contribution in [0.4, 0.5) is 5.69 Å². The Kier molecular flexibility index (Phi) is 7.17.